The molecule has 3 nitrogen and oxygen atoms in total. The molecule has 0 spiro atoms. The zero-order valence-corrected chi connectivity index (χ0v) is 23.0. The number of hydrogen-bond donors (Lipinski definition) is 0. The molecule has 1 rings (SSSR count). The maximum Gasteiger partial charge on any atom is 0.311 e. The lowest BCUT2D eigenvalue weighted by molar-refractivity contribution is -0.161. The first-order valence-corrected chi connectivity index (χ1v) is 14.9. The molecule has 176 valence electrons. The maximum absolute atomic E-state index is 12.8. The first-order chi connectivity index (χ1) is 13.5. The Hall–Kier alpha value is -0.613. The van der Waals surface area contributed by atoms with E-state index in [2.05, 4.69) is 67.6 Å². The first kappa shape index (κ1) is 27.4. The van der Waals surface area contributed by atoms with Gasteiger partial charge in [0.25, 0.3) is 0 Å². The third kappa shape index (κ3) is 7.82. The molecule has 1 aliphatic rings. The molecular formula is C26H50O3Si. The number of esters is 1. The molecule has 1 aliphatic carbocycles. The zero-order valence-electron chi connectivity index (χ0n) is 22.0. The molecule has 30 heavy (non-hydrogen) atoms. The van der Waals surface area contributed by atoms with Crippen LogP contribution in [-0.4, -0.2) is 27.0 Å². The summed E-state index contributed by atoms with van der Waals surface area (Å²) in [5.74, 6) is 2.13. The predicted octanol–water partition coefficient (Wildman–Crippen LogP) is 7.62. The predicted molar refractivity (Wildman–Crippen MR) is 131 cm³/mol. The minimum absolute atomic E-state index is 0.109. The fourth-order valence-electron chi connectivity index (χ4n) is 4.04. The van der Waals surface area contributed by atoms with Crippen molar-refractivity contribution in [1.82, 2.24) is 0 Å². The normalized spacial score (nSPS) is 25.4. The van der Waals surface area contributed by atoms with E-state index in [-0.39, 0.29) is 17.1 Å². The van der Waals surface area contributed by atoms with E-state index >= 15 is 0 Å². The second-order valence-corrected chi connectivity index (χ2v) is 17.5. The molecule has 4 heteroatoms. The lowest BCUT2D eigenvalue weighted by atomic mass is 9.68. The molecule has 4 atom stereocenters. The van der Waals surface area contributed by atoms with Crippen molar-refractivity contribution >= 4 is 14.3 Å². The van der Waals surface area contributed by atoms with Crippen molar-refractivity contribution in [3.8, 4) is 0 Å². The van der Waals surface area contributed by atoms with E-state index in [0.717, 1.165) is 6.42 Å². The van der Waals surface area contributed by atoms with E-state index in [4.69, 9.17) is 9.16 Å². The summed E-state index contributed by atoms with van der Waals surface area (Å²) in [4.78, 5) is 12.8. The van der Waals surface area contributed by atoms with E-state index in [1.807, 2.05) is 20.8 Å². The summed E-state index contributed by atoms with van der Waals surface area (Å²) in [5, 5.41) is 0.187. The second kappa shape index (κ2) is 10.3. The van der Waals surface area contributed by atoms with Gasteiger partial charge < -0.3 is 9.16 Å². The van der Waals surface area contributed by atoms with Crippen LogP contribution in [0.4, 0.5) is 0 Å². The number of ether oxygens (including phenoxy) is 1. The molecule has 0 aliphatic heterocycles. The summed E-state index contributed by atoms with van der Waals surface area (Å²) < 4.78 is 12.6. The fraction of sp³-hybridized carbons (Fsp3) is 0.885. The van der Waals surface area contributed by atoms with Gasteiger partial charge in [-0.3, -0.25) is 4.79 Å². The second-order valence-electron chi connectivity index (χ2n) is 12.7. The smallest absolute Gasteiger partial charge is 0.311 e. The van der Waals surface area contributed by atoms with Gasteiger partial charge >= 0.3 is 5.97 Å². The van der Waals surface area contributed by atoms with Gasteiger partial charge in [0.2, 0.25) is 0 Å². The minimum atomic E-state index is -1.81. The average Bonchev–Trinajstić information content (AvgIpc) is 2.57. The van der Waals surface area contributed by atoms with E-state index in [0.29, 0.717) is 30.3 Å². The Morgan fingerprint density at radius 1 is 1.07 bits per heavy atom. The Morgan fingerprint density at radius 2 is 1.63 bits per heavy atom. The third-order valence-corrected chi connectivity index (χ3v) is 11.7. The molecule has 0 unspecified atom stereocenters. The molecule has 0 saturated heterocycles. The zero-order chi connectivity index (χ0) is 23.5. The van der Waals surface area contributed by atoms with Gasteiger partial charge in [-0.25, -0.2) is 0 Å². The molecule has 0 N–H and O–H groups in total. The van der Waals surface area contributed by atoms with Gasteiger partial charge in [0.05, 0.1) is 12.0 Å². The van der Waals surface area contributed by atoms with Crippen LogP contribution in [0.5, 0.6) is 0 Å². The van der Waals surface area contributed by atoms with Crippen LogP contribution >= 0.6 is 0 Å². The van der Waals surface area contributed by atoms with Crippen LogP contribution in [0.25, 0.3) is 0 Å². The minimum Gasteiger partial charge on any atom is -0.457 e. The molecule has 0 aromatic heterocycles. The van der Waals surface area contributed by atoms with Crippen LogP contribution in [0.15, 0.2) is 11.6 Å². The van der Waals surface area contributed by atoms with Crippen LogP contribution in [0.3, 0.4) is 0 Å². The van der Waals surface area contributed by atoms with Gasteiger partial charge in [0.15, 0.2) is 8.32 Å². The van der Waals surface area contributed by atoms with E-state index in [1.165, 1.54) is 18.4 Å². The topological polar surface area (TPSA) is 35.5 Å². The lowest BCUT2D eigenvalue weighted by Crippen LogP contribution is -2.41. The highest BCUT2D eigenvalue weighted by Crippen LogP contribution is 2.42. The Balaban J connectivity index is 3.13. The summed E-state index contributed by atoms with van der Waals surface area (Å²) in [6.45, 7) is 26.9. The van der Waals surface area contributed by atoms with Crippen molar-refractivity contribution in [2.75, 3.05) is 6.61 Å². The molecule has 1 saturated carbocycles. The summed E-state index contributed by atoms with van der Waals surface area (Å²) in [6, 6.07) is 0. The number of hydrogen-bond acceptors (Lipinski definition) is 3. The highest BCUT2D eigenvalue weighted by molar-refractivity contribution is 6.74. The molecule has 0 heterocycles. The maximum atomic E-state index is 12.8. The lowest BCUT2D eigenvalue weighted by Gasteiger charge is -2.41. The number of rotatable bonds is 7. The number of carbonyl (C=O) groups is 1. The van der Waals surface area contributed by atoms with Gasteiger partial charge in [0, 0.05) is 5.92 Å². The van der Waals surface area contributed by atoms with E-state index < -0.39 is 13.7 Å². The fourth-order valence-corrected chi connectivity index (χ4v) is 5.06. The van der Waals surface area contributed by atoms with Crippen molar-refractivity contribution in [3.63, 3.8) is 0 Å². The van der Waals surface area contributed by atoms with Gasteiger partial charge in [-0.2, -0.15) is 0 Å². The standard InChI is InChI=1S/C26H50O3Si/c1-18(2)21-14-13-19(3)15-22(21)23(29-24(27)25(5,6)7)16-20(4)17-28-30(11,12)26(8,9)10/h16,18-19,21-23H,13-15,17H2,1-12H3/b20-16+/t19-,21+,22-,23+/m1/s1. The Kier molecular flexibility index (Phi) is 9.45. The molecule has 1 fully saturated rings. The first-order valence-electron chi connectivity index (χ1n) is 12.0. The number of carbonyl (C=O) groups excluding carboxylic acids is 1. The van der Waals surface area contributed by atoms with Gasteiger partial charge in [-0.15, -0.1) is 0 Å². The molecule has 0 aromatic rings. The van der Waals surface area contributed by atoms with Crippen molar-refractivity contribution in [3.05, 3.63) is 11.6 Å². The van der Waals surface area contributed by atoms with Crippen molar-refractivity contribution in [2.45, 2.75) is 113 Å². The average molecular weight is 439 g/mol. The van der Waals surface area contributed by atoms with Crippen LogP contribution in [0, 0.1) is 29.1 Å². The van der Waals surface area contributed by atoms with Crippen molar-refractivity contribution in [2.24, 2.45) is 29.1 Å². The summed E-state index contributed by atoms with van der Waals surface area (Å²) in [5.41, 5.74) is 0.679. The largest absolute Gasteiger partial charge is 0.457 e. The van der Waals surface area contributed by atoms with Crippen LogP contribution < -0.4 is 0 Å². The van der Waals surface area contributed by atoms with Crippen LogP contribution in [0.2, 0.25) is 18.1 Å². The Labute approximate surface area is 188 Å². The summed E-state index contributed by atoms with van der Waals surface area (Å²) >= 11 is 0. The molecule has 0 radical (unpaired) electrons. The van der Waals surface area contributed by atoms with Gasteiger partial charge in [-0.05, 0) is 88.1 Å². The molecule has 0 aromatic carbocycles. The summed E-state index contributed by atoms with van der Waals surface area (Å²) in [6.07, 6.45) is 5.65. The molecule has 0 bridgehead atoms. The third-order valence-electron chi connectivity index (χ3n) is 7.27. The van der Waals surface area contributed by atoms with E-state index in [9.17, 15) is 4.79 Å². The molecular weight excluding hydrogens is 388 g/mol. The van der Waals surface area contributed by atoms with E-state index in [1.54, 1.807) is 0 Å². The Bertz CT molecular complexity index is 592. The monoisotopic (exact) mass is 438 g/mol. The summed E-state index contributed by atoms with van der Waals surface area (Å²) in [7, 11) is -1.81. The highest BCUT2D eigenvalue weighted by Gasteiger charge is 2.39. The Morgan fingerprint density at radius 3 is 2.10 bits per heavy atom. The van der Waals surface area contributed by atoms with Crippen molar-refractivity contribution in [1.29, 1.82) is 0 Å². The van der Waals surface area contributed by atoms with Gasteiger partial charge in [0.1, 0.15) is 6.10 Å². The van der Waals surface area contributed by atoms with Crippen LogP contribution in [0.1, 0.15) is 88.5 Å². The molecule has 0 amide bonds. The van der Waals surface area contributed by atoms with Crippen LogP contribution in [-0.2, 0) is 14.0 Å². The SMILES string of the molecule is C/C(=C\[C@H](OC(=O)C(C)(C)C)[C@@H]1C[C@H](C)CC[C@H]1C(C)C)CO[Si](C)(C)C(C)(C)C. The van der Waals surface area contributed by atoms with Gasteiger partial charge in [-0.1, -0.05) is 48.0 Å². The highest BCUT2D eigenvalue weighted by atomic mass is 28.4. The van der Waals surface area contributed by atoms with Crippen molar-refractivity contribution < 1.29 is 14.0 Å². The quantitative estimate of drug-likeness (QED) is 0.233.